The summed E-state index contributed by atoms with van der Waals surface area (Å²) in [5.41, 5.74) is 7.21. The molecule has 0 bridgehead atoms. The second-order valence-electron chi connectivity index (χ2n) is 6.75. The summed E-state index contributed by atoms with van der Waals surface area (Å²) in [6.45, 7) is 8.51. The van der Waals surface area contributed by atoms with E-state index in [0.717, 1.165) is 25.9 Å². The Morgan fingerprint density at radius 1 is 1.35 bits per heavy atom. The zero-order valence-corrected chi connectivity index (χ0v) is 12.7. The molecule has 2 heterocycles. The van der Waals surface area contributed by atoms with E-state index in [9.17, 15) is 4.79 Å². The molecule has 0 spiro atoms. The molecule has 20 heavy (non-hydrogen) atoms. The second-order valence-corrected chi connectivity index (χ2v) is 6.75. The summed E-state index contributed by atoms with van der Waals surface area (Å²) in [5.74, 6) is 0.717. The molecule has 1 atom stereocenters. The largest absolute Gasteiger partial charge is 0.397 e. The van der Waals surface area contributed by atoms with Crippen molar-refractivity contribution in [2.45, 2.75) is 40.0 Å². The van der Waals surface area contributed by atoms with Crippen LogP contribution in [0.5, 0.6) is 0 Å². The maximum absolute atomic E-state index is 12.5. The Morgan fingerprint density at radius 2 is 2.10 bits per heavy atom. The van der Waals surface area contributed by atoms with Gasteiger partial charge in [0.15, 0.2) is 0 Å². The molecule has 2 N–H and O–H groups in total. The first-order chi connectivity index (χ1) is 9.39. The molecule has 110 valence electrons. The van der Waals surface area contributed by atoms with Crippen LogP contribution in [-0.2, 0) is 0 Å². The van der Waals surface area contributed by atoms with Gasteiger partial charge in [-0.3, -0.25) is 9.78 Å². The van der Waals surface area contributed by atoms with Crippen molar-refractivity contribution in [1.29, 1.82) is 0 Å². The lowest BCUT2D eigenvalue weighted by Crippen LogP contribution is -2.33. The normalized spacial score (nSPS) is 20.6. The second kappa shape index (κ2) is 5.81. The minimum Gasteiger partial charge on any atom is -0.397 e. The number of rotatable bonds is 1. The molecule has 1 aliphatic heterocycles. The SMILES string of the molecule is CC(C)(C)C1CCCN(C(=O)c2ccncc2N)CC1. The van der Waals surface area contributed by atoms with Crippen molar-refractivity contribution in [2.75, 3.05) is 18.8 Å². The average molecular weight is 275 g/mol. The Hall–Kier alpha value is -1.58. The van der Waals surface area contributed by atoms with Gasteiger partial charge in [-0.1, -0.05) is 20.8 Å². The molecule has 4 nitrogen and oxygen atoms in total. The summed E-state index contributed by atoms with van der Waals surface area (Å²) in [6, 6.07) is 1.71. The summed E-state index contributed by atoms with van der Waals surface area (Å²) in [4.78, 5) is 18.4. The van der Waals surface area contributed by atoms with Gasteiger partial charge < -0.3 is 10.6 Å². The lowest BCUT2D eigenvalue weighted by atomic mass is 9.77. The van der Waals surface area contributed by atoms with Crippen LogP contribution in [0.15, 0.2) is 18.5 Å². The van der Waals surface area contributed by atoms with E-state index in [4.69, 9.17) is 5.73 Å². The van der Waals surface area contributed by atoms with E-state index >= 15 is 0 Å². The number of pyridine rings is 1. The van der Waals surface area contributed by atoms with Gasteiger partial charge in [0, 0.05) is 19.3 Å². The topological polar surface area (TPSA) is 59.2 Å². The van der Waals surface area contributed by atoms with Crippen molar-refractivity contribution in [3.63, 3.8) is 0 Å². The standard InChI is InChI=1S/C16H25N3O/c1-16(2,3)12-5-4-9-19(10-7-12)15(20)13-6-8-18-11-14(13)17/h6,8,11-12H,4-5,7,9-10,17H2,1-3H3. The van der Waals surface area contributed by atoms with Crippen LogP contribution in [-0.4, -0.2) is 28.9 Å². The summed E-state index contributed by atoms with van der Waals surface area (Å²) >= 11 is 0. The van der Waals surface area contributed by atoms with E-state index in [1.807, 2.05) is 4.90 Å². The predicted octanol–water partition coefficient (Wildman–Crippen LogP) is 2.95. The van der Waals surface area contributed by atoms with Crippen molar-refractivity contribution in [3.8, 4) is 0 Å². The highest BCUT2D eigenvalue weighted by atomic mass is 16.2. The van der Waals surface area contributed by atoms with E-state index in [1.165, 1.54) is 6.42 Å². The molecule has 2 rings (SSSR count). The van der Waals surface area contributed by atoms with Gasteiger partial charge in [-0.15, -0.1) is 0 Å². The molecule has 1 saturated heterocycles. The number of nitrogens with zero attached hydrogens (tertiary/aromatic N) is 2. The summed E-state index contributed by atoms with van der Waals surface area (Å²) in [6.07, 6.45) is 6.50. The number of anilines is 1. The number of carbonyl (C=O) groups excluding carboxylic acids is 1. The highest BCUT2D eigenvalue weighted by molar-refractivity contribution is 5.98. The van der Waals surface area contributed by atoms with E-state index < -0.39 is 0 Å². The van der Waals surface area contributed by atoms with Crippen molar-refractivity contribution >= 4 is 11.6 Å². The van der Waals surface area contributed by atoms with Crippen molar-refractivity contribution in [3.05, 3.63) is 24.0 Å². The zero-order valence-electron chi connectivity index (χ0n) is 12.7. The number of carbonyl (C=O) groups is 1. The van der Waals surface area contributed by atoms with Crippen LogP contribution in [0.1, 0.15) is 50.4 Å². The summed E-state index contributed by atoms with van der Waals surface area (Å²) in [5, 5.41) is 0. The molecular weight excluding hydrogens is 250 g/mol. The van der Waals surface area contributed by atoms with Gasteiger partial charge in [0.05, 0.1) is 17.4 Å². The average Bonchev–Trinajstić information content (AvgIpc) is 2.63. The molecule has 0 aliphatic carbocycles. The first-order valence-electron chi connectivity index (χ1n) is 7.38. The van der Waals surface area contributed by atoms with Crippen molar-refractivity contribution in [2.24, 2.45) is 11.3 Å². The Balaban J connectivity index is 2.08. The van der Waals surface area contributed by atoms with Gasteiger partial charge >= 0.3 is 0 Å². The van der Waals surface area contributed by atoms with Crippen LogP contribution in [0.25, 0.3) is 0 Å². The van der Waals surface area contributed by atoms with Crippen molar-refractivity contribution < 1.29 is 4.79 Å². The van der Waals surface area contributed by atoms with Gasteiger partial charge in [0.1, 0.15) is 0 Å². The molecule has 1 unspecified atom stereocenters. The fourth-order valence-corrected chi connectivity index (χ4v) is 2.94. The number of nitrogens with two attached hydrogens (primary N) is 1. The Labute approximate surface area is 121 Å². The molecule has 1 fully saturated rings. The third-order valence-electron chi connectivity index (χ3n) is 4.32. The zero-order chi connectivity index (χ0) is 14.8. The molecule has 1 aliphatic rings. The highest BCUT2D eigenvalue weighted by Gasteiger charge is 2.29. The third kappa shape index (κ3) is 3.30. The molecule has 0 aromatic carbocycles. The molecule has 4 heteroatoms. The lowest BCUT2D eigenvalue weighted by Gasteiger charge is -2.29. The smallest absolute Gasteiger partial charge is 0.256 e. The van der Waals surface area contributed by atoms with Crippen molar-refractivity contribution in [1.82, 2.24) is 9.88 Å². The van der Waals surface area contributed by atoms with Gasteiger partial charge in [-0.25, -0.2) is 0 Å². The van der Waals surface area contributed by atoms with Gasteiger partial charge in [-0.05, 0) is 36.7 Å². The number of nitrogen functional groups attached to an aromatic ring is 1. The molecule has 1 aromatic heterocycles. The number of amides is 1. The maximum Gasteiger partial charge on any atom is 0.256 e. The molecule has 0 saturated carbocycles. The molecular formula is C16H25N3O. The van der Waals surface area contributed by atoms with Crippen LogP contribution in [0.3, 0.4) is 0 Å². The Kier molecular flexibility index (Phi) is 4.31. The molecule has 1 aromatic rings. The summed E-state index contributed by atoms with van der Waals surface area (Å²) in [7, 11) is 0. The van der Waals surface area contributed by atoms with Gasteiger partial charge in [0.2, 0.25) is 0 Å². The quantitative estimate of drug-likeness (QED) is 0.857. The number of aromatic nitrogens is 1. The fraction of sp³-hybridized carbons (Fsp3) is 0.625. The Morgan fingerprint density at radius 3 is 2.75 bits per heavy atom. The third-order valence-corrected chi connectivity index (χ3v) is 4.32. The van der Waals surface area contributed by atoms with Gasteiger partial charge in [-0.2, -0.15) is 0 Å². The molecule has 0 radical (unpaired) electrons. The van der Waals surface area contributed by atoms with E-state index in [2.05, 4.69) is 25.8 Å². The monoisotopic (exact) mass is 275 g/mol. The molecule has 1 amide bonds. The minimum absolute atomic E-state index is 0.0412. The summed E-state index contributed by atoms with van der Waals surface area (Å²) < 4.78 is 0. The number of hydrogen-bond acceptors (Lipinski definition) is 3. The number of hydrogen-bond donors (Lipinski definition) is 1. The van der Waals surface area contributed by atoms with Crippen LogP contribution in [0, 0.1) is 11.3 Å². The number of likely N-dealkylation sites (tertiary alicyclic amines) is 1. The fourth-order valence-electron chi connectivity index (χ4n) is 2.94. The maximum atomic E-state index is 12.5. The van der Waals surface area contributed by atoms with E-state index in [0.29, 0.717) is 22.6 Å². The highest BCUT2D eigenvalue weighted by Crippen LogP contribution is 2.34. The van der Waals surface area contributed by atoms with Crippen LogP contribution < -0.4 is 5.73 Å². The first kappa shape index (κ1) is 14.8. The first-order valence-corrected chi connectivity index (χ1v) is 7.38. The minimum atomic E-state index is 0.0412. The van der Waals surface area contributed by atoms with Gasteiger partial charge in [0.25, 0.3) is 5.91 Å². The van der Waals surface area contributed by atoms with Crippen LogP contribution >= 0.6 is 0 Å². The van der Waals surface area contributed by atoms with Crippen LogP contribution in [0.2, 0.25) is 0 Å². The Bertz CT molecular complexity index is 479. The van der Waals surface area contributed by atoms with E-state index in [1.54, 1.807) is 18.5 Å². The van der Waals surface area contributed by atoms with E-state index in [-0.39, 0.29) is 5.91 Å². The van der Waals surface area contributed by atoms with Crippen LogP contribution in [0.4, 0.5) is 5.69 Å². The predicted molar refractivity (Wildman–Crippen MR) is 81.3 cm³/mol. The lowest BCUT2D eigenvalue weighted by molar-refractivity contribution is 0.0756.